The third-order valence-electron chi connectivity index (χ3n) is 4.80. The minimum atomic E-state index is -0.299. The summed E-state index contributed by atoms with van der Waals surface area (Å²) in [5, 5.41) is 15.4. The molecule has 2 heterocycles. The number of rotatable bonds is 6. The number of aryl methyl sites for hydroxylation is 1. The van der Waals surface area contributed by atoms with E-state index < -0.39 is 0 Å². The number of phenolic OH excluding ortho intramolecular Hbond substituents is 1. The van der Waals surface area contributed by atoms with Gasteiger partial charge < -0.3 is 15.2 Å². The molecule has 1 atom stereocenters. The van der Waals surface area contributed by atoms with Crippen LogP contribution in [0.1, 0.15) is 29.8 Å². The molecule has 0 aliphatic rings. The first-order valence-electron chi connectivity index (χ1n) is 9.65. The van der Waals surface area contributed by atoms with Crippen molar-refractivity contribution in [2.24, 2.45) is 0 Å². The molecule has 0 aliphatic carbocycles. The number of hydrogen-bond acceptors (Lipinski definition) is 5. The molecule has 4 aromatic rings. The van der Waals surface area contributed by atoms with Gasteiger partial charge in [0.15, 0.2) is 0 Å². The first kappa shape index (κ1) is 18.7. The van der Waals surface area contributed by atoms with Crippen LogP contribution in [0.25, 0.3) is 10.9 Å². The number of aromatic nitrogens is 2. The van der Waals surface area contributed by atoms with Crippen molar-refractivity contribution in [3.8, 4) is 11.5 Å². The van der Waals surface area contributed by atoms with E-state index in [-0.39, 0.29) is 11.8 Å². The maximum absolute atomic E-state index is 11.1. The summed E-state index contributed by atoms with van der Waals surface area (Å²) in [7, 11) is 0. The molecule has 0 spiro atoms. The van der Waals surface area contributed by atoms with Gasteiger partial charge in [0.05, 0.1) is 12.6 Å². The van der Waals surface area contributed by atoms with Crippen molar-refractivity contribution in [2.75, 3.05) is 11.9 Å². The number of fused-ring (bicyclic) bond motifs is 1. The van der Waals surface area contributed by atoms with Crippen molar-refractivity contribution in [3.63, 3.8) is 0 Å². The highest BCUT2D eigenvalue weighted by molar-refractivity contribution is 5.86. The van der Waals surface area contributed by atoms with E-state index >= 15 is 0 Å². The Morgan fingerprint density at radius 1 is 1.00 bits per heavy atom. The summed E-state index contributed by atoms with van der Waals surface area (Å²) in [6, 6.07) is 21.1. The van der Waals surface area contributed by atoms with E-state index in [1.165, 1.54) is 0 Å². The predicted octanol–water partition coefficient (Wildman–Crippen LogP) is 5.24. The van der Waals surface area contributed by atoms with Crippen LogP contribution in [0.3, 0.4) is 0 Å². The molecule has 0 saturated heterocycles. The number of anilines is 1. The zero-order chi connectivity index (χ0) is 20.2. The van der Waals surface area contributed by atoms with Crippen LogP contribution in [0.2, 0.25) is 0 Å². The van der Waals surface area contributed by atoms with Crippen molar-refractivity contribution in [1.29, 1.82) is 0 Å². The second-order valence-electron chi connectivity index (χ2n) is 6.82. The fourth-order valence-corrected chi connectivity index (χ4v) is 3.38. The van der Waals surface area contributed by atoms with Crippen molar-refractivity contribution in [1.82, 2.24) is 9.97 Å². The van der Waals surface area contributed by atoms with Gasteiger partial charge >= 0.3 is 0 Å². The Hall–Kier alpha value is -3.60. The summed E-state index contributed by atoms with van der Waals surface area (Å²) in [6.45, 7) is 4.49. The van der Waals surface area contributed by atoms with Crippen LogP contribution in [0.4, 0.5) is 5.82 Å². The highest BCUT2D eigenvalue weighted by Gasteiger charge is 2.20. The molecule has 0 bridgehead atoms. The SMILES string of the molecule is CCOc1ccc([C@H](Nc2ccccn2)c2ccc3ccc(C)nc3c2O)cc1. The zero-order valence-corrected chi connectivity index (χ0v) is 16.5. The molecule has 0 amide bonds. The Kier molecular flexibility index (Phi) is 5.29. The van der Waals surface area contributed by atoms with Crippen LogP contribution in [0.15, 0.2) is 72.9 Å². The van der Waals surface area contributed by atoms with E-state index in [2.05, 4.69) is 15.3 Å². The second kappa shape index (κ2) is 8.19. The average molecular weight is 385 g/mol. The Morgan fingerprint density at radius 3 is 2.52 bits per heavy atom. The molecule has 0 aliphatic heterocycles. The van der Waals surface area contributed by atoms with Gasteiger partial charge in [0, 0.05) is 22.8 Å². The monoisotopic (exact) mass is 385 g/mol. The lowest BCUT2D eigenvalue weighted by Crippen LogP contribution is -2.13. The fourth-order valence-electron chi connectivity index (χ4n) is 3.38. The van der Waals surface area contributed by atoms with Crippen molar-refractivity contribution in [2.45, 2.75) is 19.9 Å². The van der Waals surface area contributed by atoms with E-state index in [4.69, 9.17) is 4.74 Å². The molecule has 146 valence electrons. The van der Waals surface area contributed by atoms with Gasteiger partial charge in [-0.2, -0.15) is 0 Å². The number of nitrogens with zero attached hydrogens (tertiary/aromatic N) is 2. The van der Waals surface area contributed by atoms with E-state index in [0.717, 1.165) is 33.8 Å². The summed E-state index contributed by atoms with van der Waals surface area (Å²) >= 11 is 0. The van der Waals surface area contributed by atoms with Crippen LogP contribution in [0, 0.1) is 6.92 Å². The lowest BCUT2D eigenvalue weighted by atomic mass is 9.96. The minimum Gasteiger partial charge on any atom is -0.505 e. The van der Waals surface area contributed by atoms with Gasteiger partial charge in [0.1, 0.15) is 22.8 Å². The molecule has 4 rings (SSSR count). The van der Waals surface area contributed by atoms with E-state index in [9.17, 15) is 5.11 Å². The number of pyridine rings is 2. The minimum absolute atomic E-state index is 0.175. The third kappa shape index (κ3) is 3.99. The number of hydrogen-bond donors (Lipinski definition) is 2. The number of ether oxygens (including phenoxy) is 1. The van der Waals surface area contributed by atoms with Crippen LogP contribution >= 0.6 is 0 Å². The summed E-state index contributed by atoms with van der Waals surface area (Å²) in [5.41, 5.74) is 3.19. The first-order valence-corrected chi connectivity index (χ1v) is 9.65. The molecule has 0 saturated carbocycles. The van der Waals surface area contributed by atoms with Gasteiger partial charge in [-0.3, -0.25) is 0 Å². The zero-order valence-electron chi connectivity index (χ0n) is 16.5. The Balaban J connectivity index is 1.81. The van der Waals surface area contributed by atoms with Crippen LogP contribution in [0.5, 0.6) is 11.5 Å². The van der Waals surface area contributed by atoms with Gasteiger partial charge in [-0.05, 0) is 49.7 Å². The number of nitrogens with one attached hydrogen (secondary N) is 1. The number of benzene rings is 2. The fraction of sp³-hybridized carbons (Fsp3) is 0.167. The smallest absolute Gasteiger partial charge is 0.147 e. The van der Waals surface area contributed by atoms with Gasteiger partial charge in [-0.15, -0.1) is 0 Å². The van der Waals surface area contributed by atoms with Crippen molar-refractivity contribution in [3.05, 3.63) is 89.7 Å². The third-order valence-corrected chi connectivity index (χ3v) is 4.80. The Bertz CT molecular complexity index is 1110. The summed E-state index contributed by atoms with van der Waals surface area (Å²) in [4.78, 5) is 8.93. The Morgan fingerprint density at radius 2 is 1.79 bits per heavy atom. The van der Waals surface area contributed by atoms with E-state index in [1.807, 2.05) is 80.6 Å². The van der Waals surface area contributed by atoms with Crippen LogP contribution < -0.4 is 10.1 Å². The van der Waals surface area contributed by atoms with Gasteiger partial charge in [0.2, 0.25) is 0 Å². The maximum atomic E-state index is 11.1. The largest absolute Gasteiger partial charge is 0.505 e. The van der Waals surface area contributed by atoms with Gasteiger partial charge in [-0.25, -0.2) is 9.97 Å². The molecule has 0 fully saturated rings. The Labute approximate surface area is 170 Å². The van der Waals surface area contributed by atoms with Crippen molar-refractivity contribution < 1.29 is 9.84 Å². The molecule has 29 heavy (non-hydrogen) atoms. The summed E-state index contributed by atoms with van der Waals surface area (Å²) < 4.78 is 5.57. The second-order valence-corrected chi connectivity index (χ2v) is 6.82. The quantitative estimate of drug-likeness (QED) is 0.475. The number of phenols is 1. The summed E-state index contributed by atoms with van der Waals surface area (Å²) in [5.74, 6) is 1.71. The molecular formula is C24H23N3O2. The summed E-state index contributed by atoms with van der Waals surface area (Å²) in [6.07, 6.45) is 1.74. The van der Waals surface area contributed by atoms with Crippen molar-refractivity contribution >= 4 is 16.7 Å². The topological polar surface area (TPSA) is 67.3 Å². The molecule has 2 N–H and O–H groups in total. The molecule has 5 nitrogen and oxygen atoms in total. The lowest BCUT2D eigenvalue weighted by molar-refractivity contribution is 0.340. The van der Waals surface area contributed by atoms with Gasteiger partial charge in [-0.1, -0.05) is 36.4 Å². The predicted molar refractivity (Wildman–Crippen MR) is 115 cm³/mol. The average Bonchev–Trinajstić information content (AvgIpc) is 2.75. The lowest BCUT2D eigenvalue weighted by Gasteiger charge is -2.22. The molecule has 0 unspecified atom stereocenters. The molecule has 0 radical (unpaired) electrons. The highest BCUT2D eigenvalue weighted by atomic mass is 16.5. The highest BCUT2D eigenvalue weighted by Crippen LogP contribution is 2.36. The molecule has 5 heteroatoms. The first-order chi connectivity index (χ1) is 14.2. The van der Waals surface area contributed by atoms with Crippen LogP contribution in [-0.4, -0.2) is 21.7 Å². The molecular weight excluding hydrogens is 362 g/mol. The molecule has 2 aromatic heterocycles. The maximum Gasteiger partial charge on any atom is 0.147 e. The standard InChI is InChI=1S/C24H23N3O2/c1-3-29-19-12-9-17(10-13-19)22(27-21-6-4-5-15-25-21)20-14-11-18-8-7-16(2)26-23(18)24(20)28/h4-15,22,28H,3H2,1-2H3,(H,25,27)/t22-/m0/s1. The molecule has 2 aromatic carbocycles. The van der Waals surface area contributed by atoms with E-state index in [1.54, 1.807) is 6.20 Å². The number of aromatic hydroxyl groups is 1. The normalized spacial score (nSPS) is 11.9. The van der Waals surface area contributed by atoms with Crippen LogP contribution in [-0.2, 0) is 0 Å². The van der Waals surface area contributed by atoms with E-state index in [0.29, 0.717) is 12.1 Å². The van der Waals surface area contributed by atoms with Gasteiger partial charge in [0.25, 0.3) is 0 Å².